The maximum absolute atomic E-state index is 14.0. The van der Waals surface area contributed by atoms with E-state index < -0.39 is 6.10 Å². The van der Waals surface area contributed by atoms with Crippen molar-refractivity contribution in [1.82, 2.24) is 4.90 Å². The minimum Gasteiger partial charge on any atom is -0.391 e. The Morgan fingerprint density at radius 3 is 2.88 bits per heavy atom. The van der Waals surface area contributed by atoms with Gasteiger partial charge < -0.3 is 15.3 Å². The summed E-state index contributed by atoms with van der Waals surface area (Å²) in [6.07, 6.45) is 1.06. The van der Waals surface area contributed by atoms with Crippen LogP contribution in [0.15, 0.2) is 46.9 Å². The van der Waals surface area contributed by atoms with Crippen LogP contribution in [0, 0.1) is 5.82 Å². The molecule has 2 N–H and O–H groups in total. The number of hydrogen-bond donors (Lipinski definition) is 2. The lowest BCUT2D eigenvalue weighted by molar-refractivity contribution is 0.0474. The first-order chi connectivity index (χ1) is 12.0. The summed E-state index contributed by atoms with van der Waals surface area (Å²) < 4.78 is 14.7. The number of aliphatic hydroxyl groups is 1. The predicted octanol–water partition coefficient (Wildman–Crippen LogP) is 3.80. The van der Waals surface area contributed by atoms with Crippen molar-refractivity contribution >= 4 is 27.5 Å². The molecule has 1 amide bonds. The van der Waals surface area contributed by atoms with Gasteiger partial charge in [-0.3, -0.25) is 4.79 Å². The molecule has 2 aromatic rings. The van der Waals surface area contributed by atoms with Crippen LogP contribution in [0.3, 0.4) is 0 Å². The number of likely N-dealkylation sites (tertiary alicyclic amines) is 1. The van der Waals surface area contributed by atoms with Gasteiger partial charge >= 0.3 is 0 Å². The van der Waals surface area contributed by atoms with Crippen LogP contribution >= 0.6 is 15.9 Å². The Morgan fingerprint density at radius 1 is 1.32 bits per heavy atom. The molecule has 4 nitrogen and oxygen atoms in total. The quantitative estimate of drug-likeness (QED) is 0.811. The van der Waals surface area contributed by atoms with Crippen LogP contribution in [0.2, 0.25) is 0 Å². The summed E-state index contributed by atoms with van der Waals surface area (Å²) in [5.74, 6) is -0.414. The number of nitrogens with one attached hydrogen (secondary N) is 1. The molecular weight excluding hydrogens is 387 g/mol. The summed E-state index contributed by atoms with van der Waals surface area (Å²) in [7, 11) is 0. The number of hydrogen-bond acceptors (Lipinski definition) is 3. The van der Waals surface area contributed by atoms with Crippen molar-refractivity contribution in [1.29, 1.82) is 0 Å². The Kier molecular flexibility index (Phi) is 5.71. The molecule has 2 aromatic carbocycles. The highest BCUT2D eigenvalue weighted by atomic mass is 79.9. The Morgan fingerprint density at radius 2 is 2.12 bits per heavy atom. The highest BCUT2D eigenvalue weighted by Crippen LogP contribution is 2.22. The molecule has 132 valence electrons. The lowest BCUT2D eigenvalue weighted by Crippen LogP contribution is -2.42. The van der Waals surface area contributed by atoms with Gasteiger partial charge in [0.2, 0.25) is 0 Å². The average molecular weight is 407 g/mol. The third kappa shape index (κ3) is 4.38. The summed E-state index contributed by atoms with van der Waals surface area (Å²) in [5.41, 5.74) is 1.72. The molecule has 1 aliphatic heterocycles. The Balaban J connectivity index is 1.75. The monoisotopic (exact) mass is 406 g/mol. The predicted molar refractivity (Wildman–Crippen MR) is 99.0 cm³/mol. The van der Waals surface area contributed by atoms with Gasteiger partial charge in [0.05, 0.1) is 11.7 Å². The number of halogens is 2. The number of anilines is 1. The van der Waals surface area contributed by atoms with E-state index in [1.807, 2.05) is 12.1 Å². The van der Waals surface area contributed by atoms with E-state index in [9.17, 15) is 14.3 Å². The van der Waals surface area contributed by atoms with Gasteiger partial charge in [-0.2, -0.15) is 0 Å². The number of carbonyl (C=O) groups excluding carboxylic acids is 1. The second-order valence-corrected chi connectivity index (χ2v) is 7.10. The molecule has 6 heteroatoms. The maximum Gasteiger partial charge on any atom is 0.256 e. The number of nitrogens with zero attached hydrogens (tertiary/aromatic N) is 1. The van der Waals surface area contributed by atoms with E-state index in [1.165, 1.54) is 6.07 Å². The second kappa shape index (κ2) is 7.97. The van der Waals surface area contributed by atoms with Crippen LogP contribution in [-0.2, 0) is 6.54 Å². The number of β-amino-alcohol motifs (C(OH)–C–C–N with tert-alkyl or cyclic N) is 1. The lowest BCUT2D eigenvalue weighted by Gasteiger charge is -2.30. The first kappa shape index (κ1) is 17.9. The summed E-state index contributed by atoms with van der Waals surface area (Å²) in [4.78, 5) is 14.5. The second-order valence-electron chi connectivity index (χ2n) is 6.18. The third-order valence-electron chi connectivity index (χ3n) is 4.33. The van der Waals surface area contributed by atoms with Crippen molar-refractivity contribution in [2.24, 2.45) is 0 Å². The first-order valence-corrected chi connectivity index (χ1v) is 9.08. The minimum absolute atomic E-state index is 0.113. The highest BCUT2D eigenvalue weighted by molar-refractivity contribution is 9.10. The summed E-state index contributed by atoms with van der Waals surface area (Å²) in [6.45, 7) is 1.28. The fourth-order valence-electron chi connectivity index (χ4n) is 2.99. The molecule has 25 heavy (non-hydrogen) atoms. The molecule has 0 aromatic heterocycles. The average Bonchev–Trinajstić information content (AvgIpc) is 2.61. The van der Waals surface area contributed by atoms with Crippen molar-refractivity contribution < 1.29 is 14.3 Å². The van der Waals surface area contributed by atoms with Crippen LogP contribution < -0.4 is 5.32 Å². The molecule has 1 saturated heterocycles. The van der Waals surface area contributed by atoms with Crippen LogP contribution in [0.4, 0.5) is 10.1 Å². The molecular formula is C19H20BrFN2O2. The van der Waals surface area contributed by atoms with Gasteiger partial charge in [-0.05, 0) is 37.1 Å². The number of amides is 1. The van der Waals surface area contributed by atoms with Crippen LogP contribution in [-0.4, -0.2) is 35.1 Å². The Bertz CT molecular complexity index is 769. The molecule has 0 radical (unpaired) electrons. The van der Waals surface area contributed by atoms with E-state index in [0.29, 0.717) is 34.4 Å². The molecule has 1 heterocycles. The number of carbonyl (C=O) groups is 1. The smallest absolute Gasteiger partial charge is 0.256 e. The third-order valence-corrected chi connectivity index (χ3v) is 4.82. The molecule has 3 rings (SSSR count). The van der Waals surface area contributed by atoms with E-state index in [1.54, 1.807) is 29.2 Å². The zero-order chi connectivity index (χ0) is 17.8. The SMILES string of the molecule is O=C(c1ccccc1NCc1ccc(Br)cc1F)N1CCC[C@H](O)C1. The zero-order valence-corrected chi connectivity index (χ0v) is 15.3. The zero-order valence-electron chi connectivity index (χ0n) is 13.7. The van der Waals surface area contributed by atoms with Crippen molar-refractivity contribution in [3.63, 3.8) is 0 Å². The van der Waals surface area contributed by atoms with E-state index in [0.717, 1.165) is 12.8 Å². The molecule has 1 fully saturated rings. The van der Waals surface area contributed by atoms with Gasteiger partial charge in [-0.15, -0.1) is 0 Å². The van der Waals surface area contributed by atoms with Gasteiger partial charge in [-0.1, -0.05) is 34.1 Å². The molecule has 0 aliphatic carbocycles. The topological polar surface area (TPSA) is 52.6 Å². The molecule has 0 unspecified atom stereocenters. The molecule has 0 saturated carbocycles. The van der Waals surface area contributed by atoms with Crippen molar-refractivity contribution in [2.45, 2.75) is 25.5 Å². The summed E-state index contributed by atoms with van der Waals surface area (Å²) in [5, 5.41) is 13.0. The van der Waals surface area contributed by atoms with Crippen molar-refractivity contribution in [2.75, 3.05) is 18.4 Å². The van der Waals surface area contributed by atoms with Crippen LogP contribution in [0.5, 0.6) is 0 Å². The minimum atomic E-state index is -0.463. The van der Waals surface area contributed by atoms with E-state index in [4.69, 9.17) is 0 Å². The van der Waals surface area contributed by atoms with Crippen molar-refractivity contribution in [3.05, 3.63) is 63.9 Å². The largest absolute Gasteiger partial charge is 0.391 e. The molecule has 0 spiro atoms. The van der Waals surface area contributed by atoms with Crippen LogP contribution in [0.25, 0.3) is 0 Å². The Hall–Kier alpha value is -1.92. The van der Waals surface area contributed by atoms with Gasteiger partial charge in [0.15, 0.2) is 0 Å². The van der Waals surface area contributed by atoms with Crippen LogP contribution in [0.1, 0.15) is 28.8 Å². The summed E-state index contributed by atoms with van der Waals surface area (Å²) in [6, 6.07) is 12.1. The van der Waals surface area contributed by atoms with Gasteiger partial charge in [0.25, 0.3) is 5.91 Å². The van der Waals surface area contributed by atoms with Crippen molar-refractivity contribution in [3.8, 4) is 0 Å². The van der Waals surface area contributed by atoms with E-state index in [-0.39, 0.29) is 18.3 Å². The normalized spacial score (nSPS) is 17.4. The van der Waals surface area contributed by atoms with Gasteiger partial charge in [0.1, 0.15) is 5.82 Å². The number of benzene rings is 2. The number of para-hydroxylation sites is 1. The molecule has 0 bridgehead atoms. The maximum atomic E-state index is 14.0. The highest BCUT2D eigenvalue weighted by Gasteiger charge is 2.24. The molecule has 1 aliphatic rings. The lowest BCUT2D eigenvalue weighted by atomic mass is 10.1. The first-order valence-electron chi connectivity index (χ1n) is 8.29. The van der Waals surface area contributed by atoms with Gasteiger partial charge in [0, 0.05) is 35.4 Å². The van der Waals surface area contributed by atoms with E-state index >= 15 is 0 Å². The van der Waals surface area contributed by atoms with Gasteiger partial charge in [-0.25, -0.2) is 4.39 Å². The Labute approximate surface area is 154 Å². The van der Waals surface area contributed by atoms with E-state index in [2.05, 4.69) is 21.2 Å². The standard InChI is InChI=1S/C19H20BrFN2O2/c20-14-8-7-13(17(21)10-14)11-22-18-6-2-1-5-16(18)19(25)23-9-3-4-15(24)12-23/h1-2,5-8,10,15,22,24H,3-4,9,11-12H2/t15-/m0/s1. The number of rotatable bonds is 4. The molecule has 1 atom stereocenters. The fraction of sp³-hybridized carbons (Fsp3) is 0.316. The summed E-state index contributed by atoms with van der Waals surface area (Å²) >= 11 is 3.24. The number of aliphatic hydroxyl groups excluding tert-OH is 1. The fourth-order valence-corrected chi connectivity index (χ4v) is 3.32. The number of piperidine rings is 1.